The molecular formula is C16H17ClF3NO2. The SMILES string of the molecule is Cc1cc([C@H](N)c2ccc(OC(F)(F)F)cc2)cc(C)c1O.Cl. The van der Waals surface area contributed by atoms with Crippen LogP contribution in [0.4, 0.5) is 13.2 Å². The number of ether oxygens (including phenoxy) is 1. The number of phenols is 1. The van der Waals surface area contributed by atoms with Gasteiger partial charge < -0.3 is 15.6 Å². The molecule has 3 nitrogen and oxygen atoms in total. The summed E-state index contributed by atoms with van der Waals surface area (Å²) in [5.41, 5.74) is 8.96. The molecule has 2 rings (SSSR count). The van der Waals surface area contributed by atoms with Crippen molar-refractivity contribution in [2.45, 2.75) is 26.3 Å². The van der Waals surface area contributed by atoms with Crippen LogP contribution in [-0.2, 0) is 0 Å². The monoisotopic (exact) mass is 347 g/mol. The Balaban J connectivity index is 0.00000264. The molecule has 0 saturated carbocycles. The van der Waals surface area contributed by atoms with Gasteiger partial charge in [0.05, 0.1) is 6.04 Å². The quantitative estimate of drug-likeness (QED) is 0.866. The molecule has 3 N–H and O–H groups in total. The lowest BCUT2D eigenvalue weighted by molar-refractivity contribution is -0.274. The summed E-state index contributed by atoms with van der Waals surface area (Å²) in [7, 11) is 0. The number of hydrogen-bond acceptors (Lipinski definition) is 3. The van der Waals surface area contributed by atoms with Gasteiger partial charge in [-0.1, -0.05) is 24.3 Å². The van der Waals surface area contributed by atoms with E-state index in [1.165, 1.54) is 24.3 Å². The number of halogens is 4. The number of alkyl halides is 3. The second-order valence-corrected chi connectivity index (χ2v) is 5.10. The van der Waals surface area contributed by atoms with Gasteiger partial charge in [-0.2, -0.15) is 0 Å². The average Bonchev–Trinajstić information content (AvgIpc) is 2.42. The minimum atomic E-state index is -4.71. The average molecular weight is 348 g/mol. The molecule has 0 aromatic heterocycles. The molecule has 0 amide bonds. The highest BCUT2D eigenvalue weighted by atomic mass is 35.5. The molecule has 2 aromatic rings. The van der Waals surface area contributed by atoms with Crippen molar-refractivity contribution >= 4 is 12.4 Å². The summed E-state index contributed by atoms with van der Waals surface area (Å²) in [6, 6.07) is 8.44. The minimum Gasteiger partial charge on any atom is -0.507 e. The zero-order valence-electron chi connectivity index (χ0n) is 12.5. The van der Waals surface area contributed by atoms with E-state index in [1.807, 2.05) is 0 Å². The number of rotatable bonds is 3. The van der Waals surface area contributed by atoms with Crippen LogP contribution in [-0.4, -0.2) is 11.5 Å². The van der Waals surface area contributed by atoms with Crippen LogP contribution in [0.25, 0.3) is 0 Å². The second kappa shape index (κ2) is 7.10. The molecule has 0 aliphatic rings. The fourth-order valence-electron chi connectivity index (χ4n) is 2.24. The summed E-state index contributed by atoms with van der Waals surface area (Å²) in [4.78, 5) is 0. The van der Waals surface area contributed by atoms with Crippen LogP contribution in [0.5, 0.6) is 11.5 Å². The fourth-order valence-corrected chi connectivity index (χ4v) is 2.24. The van der Waals surface area contributed by atoms with E-state index in [2.05, 4.69) is 4.74 Å². The van der Waals surface area contributed by atoms with Crippen molar-refractivity contribution < 1.29 is 23.0 Å². The van der Waals surface area contributed by atoms with Crippen molar-refractivity contribution in [2.24, 2.45) is 5.73 Å². The highest BCUT2D eigenvalue weighted by molar-refractivity contribution is 5.85. The van der Waals surface area contributed by atoms with Gasteiger partial charge in [0.1, 0.15) is 11.5 Å². The van der Waals surface area contributed by atoms with E-state index in [4.69, 9.17) is 5.73 Å². The maximum absolute atomic E-state index is 12.1. The Morgan fingerprint density at radius 1 is 1.00 bits per heavy atom. The summed E-state index contributed by atoms with van der Waals surface area (Å²) < 4.78 is 40.2. The third-order valence-corrected chi connectivity index (χ3v) is 3.35. The maximum Gasteiger partial charge on any atom is 0.573 e. The first kappa shape index (κ1) is 19.1. The summed E-state index contributed by atoms with van der Waals surface area (Å²) >= 11 is 0. The van der Waals surface area contributed by atoms with Crippen molar-refractivity contribution in [3.05, 3.63) is 58.7 Å². The topological polar surface area (TPSA) is 55.5 Å². The molecule has 0 saturated heterocycles. The van der Waals surface area contributed by atoms with E-state index in [0.29, 0.717) is 16.7 Å². The van der Waals surface area contributed by atoms with Crippen molar-refractivity contribution in [1.82, 2.24) is 0 Å². The maximum atomic E-state index is 12.1. The summed E-state index contributed by atoms with van der Waals surface area (Å²) in [5, 5.41) is 9.76. The Morgan fingerprint density at radius 2 is 1.48 bits per heavy atom. The summed E-state index contributed by atoms with van der Waals surface area (Å²) in [5.74, 6) is -0.0774. The van der Waals surface area contributed by atoms with Crippen LogP contribution in [0.3, 0.4) is 0 Å². The van der Waals surface area contributed by atoms with E-state index < -0.39 is 12.4 Å². The Kier molecular flexibility index (Phi) is 5.91. The van der Waals surface area contributed by atoms with Gasteiger partial charge in [-0.3, -0.25) is 0 Å². The lowest BCUT2D eigenvalue weighted by Gasteiger charge is -2.16. The first-order valence-corrected chi connectivity index (χ1v) is 6.59. The highest BCUT2D eigenvalue weighted by Gasteiger charge is 2.31. The Bertz CT molecular complexity index is 649. The first-order chi connectivity index (χ1) is 10.2. The number of benzene rings is 2. The molecule has 0 bridgehead atoms. The fraction of sp³-hybridized carbons (Fsp3) is 0.250. The zero-order chi connectivity index (χ0) is 16.5. The van der Waals surface area contributed by atoms with Crippen molar-refractivity contribution in [3.63, 3.8) is 0 Å². The van der Waals surface area contributed by atoms with E-state index in [1.54, 1.807) is 26.0 Å². The molecule has 1 atom stereocenters. The third kappa shape index (κ3) is 4.77. The van der Waals surface area contributed by atoms with Crippen LogP contribution in [0.1, 0.15) is 28.3 Å². The van der Waals surface area contributed by atoms with Gasteiger partial charge in [0.15, 0.2) is 0 Å². The Morgan fingerprint density at radius 3 is 1.91 bits per heavy atom. The Labute approximate surface area is 138 Å². The molecular weight excluding hydrogens is 331 g/mol. The largest absolute Gasteiger partial charge is 0.573 e. The molecule has 7 heteroatoms. The van der Waals surface area contributed by atoms with E-state index in [0.717, 1.165) is 5.56 Å². The molecule has 0 spiro atoms. The molecule has 0 radical (unpaired) electrons. The number of nitrogens with two attached hydrogens (primary N) is 1. The first-order valence-electron chi connectivity index (χ1n) is 6.59. The van der Waals surface area contributed by atoms with Crippen molar-refractivity contribution in [1.29, 1.82) is 0 Å². The van der Waals surface area contributed by atoms with E-state index in [9.17, 15) is 18.3 Å². The predicted octanol–water partition coefficient (Wildman–Crippen LogP) is 4.38. The van der Waals surface area contributed by atoms with Gasteiger partial charge in [-0.25, -0.2) is 0 Å². The molecule has 2 aromatic carbocycles. The molecule has 23 heavy (non-hydrogen) atoms. The van der Waals surface area contributed by atoms with Gasteiger partial charge >= 0.3 is 6.36 Å². The second-order valence-electron chi connectivity index (χ2n) is 5.10. The molecule has 0 unspecified atom stereocenters. The van der Waals surface area contributed by atoms with Crippen LogP contribution in [0, 0.1) is 13.8 Å². The molecule has 0 heterocycles. The normalized spacial score (nSPS) is 12.4. The number of aromatic hydroxyl groups is 1. The van der Waals surface area contributed by atoms with Gasteiger partial charge in [0, 0.05) is 0 Å². The number of phenolic OH excluding ortho intramolecular Hbond substituents is 1. The van der Waals surface area contributed by atoms with E-state index >= 15 is 0 Å². The number of hydrogen-bond donors (Lipinski definition) is 2. The molecule has 0 aliphatic carbocycles. The molecule has 126 valence electrons. The Hall–Kier alpha value is -1.92. The van der Waals surface area contributed by atoms with Crippen LogP contribution >= 0.6 is 12.4 Å². The van der Waals surface area contributed by atoms with Gasteiger partial charge in [0.2, 0.25) is 0 Å². The van der Waals surface area contributed by atoms with Crippen molar-refractivity contribution in [2.75, 3.05) is 0 Å². The lowest BCUT2D eigenvalue weighted by Crippen LogP contribution is -2.17. The van der Waals surface area contributed by atoms with E-state index in [-0.39, 0.29) is 23.9 Å². The van der Waals surface area contributed by atoms with Crippen LogP contribution in [0.2, 0.25) is 0 Å². The van der Waals surface area contributed by atoms with Crippen LogP contribution < -0.4 is 10.5 Å². The highest BCUT2D eigenvalue weighted by Crippen LogP contribution is 2.29. The van der Waals surface area contributed by atoms with Gasteiger partial charge in [-0.05, 0) is 48.2 Å². The number of aryl methyl sites for hydroxylation is 2. The van der Waals surface area contributed by atoms with Crippen molar-refractivity contribution in [3.8, 4) is 11.5 Å². The predicted molar refractivity (Wildman–Crippen MR) is 84.0 cm³/mol. The van der Waals surface area contributed by atoms with Gasteiger partial charge in [-0.15, -0.1) is 25.6 Å². The van der Waals surface area contributed by atoms with Gasteiger partial charge in [0.25, 0.3) is 0 Å². The minimum absolute atomic E-state index is 0. The zero-order valence-corrected chi connectivity index (χ0v) is 13.3. The summed E-state index contributed by atoms with van der Waals surface area (Å²) in [6.07, 6.45) is -4.71. The molecule has 0 aliphatic heterocycles. The lowest BCUT2D eigenvalue weighted by atomic mass is 9.96. The third-order valence-electron chi connectivity index (χ3n) is 3.35. The molecule has 0 fully saturated rings. The summed E-state index contributed by atoms with van der Waals surface area (Å²) in [6.45, 7) is 3.53. The standard InChI is InChI=1S/C16H16F3NO2.ClH/c1-9-7-12(8-10(2)15(9)21)14(20)11-3-5-13(6-4-11)22-16(17,18)19;/h3-8,14,21H,20H2,1-2H3;1H/t14-;/m1./s1. The smallest absolute Gasteiger partial charge is 0.507 e. The van der Waals surface area contributed by atoms with Crippen LogP contribution in [0.15, 0.2) is 36.4 Å².